The van der Waals surface area contributed by atoms with Crippen LogP contribution in [0.1, 0.15) is 36.8 Å². The lowest BCUT2D eigenvalue weighted by atomic mass is 9.57. The lowest BCUT2D eigenvalue weighted by Gasteiger charge is -2.47. The molecular weight excluding hydrogens is 194 g/mol. The van der Waals surface area contributed by atoms with Crippen LogP contribution in [0.3, 0.4) is 0 Å². The van der Waals surface area contributed by atoms with Crippen molar-refractivity contribution in [2.75, 3.05) is 13.1 Å². The Kier molecular flexibility index (Phi) is 2.51. The Balaban J connectivity index is 1.91. The zero-order chi connectivity index (χ0) is 11.0. The fourth-order valence-corrected chi connectivity index (χ4v) is 3.50. The van der Waals surface area contributed by atoms with E-state index in [0.717, 1.165) is 5.92 Å². The molecule has 2 fully saturated rings. The summed E-state index contributed by atoms with van der Waals surface area (Å²) < 4.78 is 0. The first-order valence-corrected chi connectivity index (χ1v) is 6.59. The van der Waals surface area contributed by atoms with Gasteiger partial charge in [0.15, 0.2) is 0 Å². The molecule has 1 saturated carbocycles. The lowest BCUT2D eigenvalue weighted by molar-refractivity contribution is 0.157. The van der Waals surface area contributed by atoms with Gasteiger partial charge in [0.1, 0.15) is 0 Å². The van der Waals surface area contributed by atoms with Crippen molar-refractivity contribution in [2.24, 2.45) is 5.92 Å². The van der Waals surface area contributed by atoms with Gasteiger partial charge in [-0.1, -0.05) is 36.2 Å². The molecule has 1 atom stereocenters. The minimum Gasteiger partial charge on any atom is -0.316 e. The summed E-state index contributed by atoms with van der Waals surface area (Å²) in [4.78, 5) is 0. The average molecular weight is 215 g/mol. The van der Waals surface area contributed by atoms with E-state index in [9.17, 15) is 0 Å². The summed E-state index contributed by atoms with van der Waals surface area (Å²) in [6.07, 6.45) is 5.60. The average Bonchev–Trinajstić information content (AvgIpc) is 2.73. The predicted octanol–water partition coefficient (Wildman–Crippen LogP) is 3.03. The summed E-state index contributed by atoms with van der Waals surface area (Å²) in [5.41, 5.74) is 3.50. The van der Waals surface area contributed by atoms with Crippen molar-refractivity contribution in [3.8, 4) is 0 Å². The van der Waals surface area contributed by atoms with Gasteiger partial charge < -0.3 is 5.32 Å². The van der Waals surface area contributed by atoms with Crippen molar-refractivity contribution < 1.29 is 0 Å². The van der Waals surface area contributed by atoms with Gasteiger partial charge in [-0.2, -0.15) is 0 Å². The molecule has 1 aliphatic heterocycles. The Labute approximate surface area is 98.3 Å². The van der Waals surface area contributed by atoms with Crippen LogP contribution >= 0.6 is 0 Å². The van der Waals surface area contributed by atoms with Crippen LogP contribution in [0.25, 0.3) is 0 Å². The molecule has 2 aliphatic rings. The Hall–Kier alpha value is -0.820. The van der Waals surface area contributed by atoms with Gasteiger partial charge in [0, 0.05) is 0 Å². The molecule has 1 N–H and O–H groups in total. The van der Waals surface area contributed by atoms with Crippen LogP contribution < -0.4 is 5.32 Å². The van der Waals surface area contributed by atoms with Crippen LogP contribution in [-0.4, -0.2) is 13.1 Å². The zero-order valence-corrected chi connectivity index (χ0v) is 10.1. The highest BCUT2D eigenvalue weighted by atomic mass is 14.9. The molecule has 16 heavy (non-hydrogen) atoms. The maximum absolute atomic E-state index is 3.53. The van der Waals surface area contributed by atoms with E-state index in [1.807, 2.05) is 0 Å². The molecule has 1 heteroatoms. The van der Waals surface area contributed by atoms with Crippen LogP contribution in [0.4, 0.5) is 0 Å². The predicted molar refractivity (Wildman–Crippen MR) is 67.7 cm³/mol. The first-order valence-electron chi connectivity index (χ1n) is 6.59. The smallest absolute Gasteiger partial charge is 0.000618 e. The van der Waals surface area contributed by atoms with Gasteiger partial charge in [0.2, 0.25) is 0 Å². The lowest BCUT2D eigenvalue weighted by Crippen LogP contribution is -2.42. The number of rotatable bonds is 2. The fourth-order valence-electron chi connectivity index (χ4n) is 3.50. The molecule has 0 amide bonds. The number of benzene rings is 1. The number of hydrogen-bond acceptors (Lipinski definition) is 1. The molecular formula is C15H21N. The van der Waals surface area contributed by atoms with E-state index in [4.69, 9.17) is 0 Å². The van der Waals surface area contributed by atoms with Crippen molar-refractivity contribution in [3.63, 3.8) is 0 Å². The maximum Gasteiger partial charge on any atom is -0.000618 e. The highest BCUT2D eigenvalue weighted by Crippen LogP contribution is 2.51. The molecule has 1 heterocycles. The monoisotopic (exact) mass is 215 g/mol. The van der Waals surface area contributed by atoms with Crippen molar-refractivity contribution >= 4 is 0 Å². The Morgan fingerprint density at radius 3 is 2.44 bits per heavy atom. The Morgan fingerprint density at radius 2 is 1.94 bits per heavy atom. The van der Waals surface area contributed by atoms with E-state index in [1.165, 1.54) is 44.3 Å². The minimum absolute atomic E-state index is 0.525. The summed E-state index contributed by atoms with van der Waals surface area (Å²) >= 11 is 0. The Morgan fingerprint density at radius 1 is 1.19 bits per heavy atom. The van der Waals surface area contributed by atoms with Crippen LogP contribution in [0.2, 0.25) is 0 Å². The third-order valence-corrected chi connectivity index (χ3v) is 4.71. The highest BCUT2D eigenvalue weighted by Gasteiger charge is 2.45. The molecule has 0 spiro atoms. The second-order valence-electron chi connectivity index (χ2n) is 5.57. The number of hydrogen-bond donors (Lipinski definition) is 1. The van der Waals surface area contributed by atoms with Crippen LogP contribution in [0, 0.1) is 12.8 Å². The first kappa shape index (κ1) is 10.3. The van der Waals surface area contributed by atoms with E-state index in [2.05, 4.69) is 36.5 Å². The molecule has 0 radical (unpaired) electrons. The molecule has 1 aromatic rings. The Bertz CT molecular complexity index is 356. The molecule has 1 nitrogen and oxygen atoms in total. The molecule has 1 aliphatic carbocycles. The normalized spacial score (nSPS) is 27.7. The maximum atomic E-state index is 3.53. The van der Waals surface area contributed by atoms with E-state index >= 15 is 0 Å². The van der Waals surface area contributed by atoms with Gasteiger partial charge >= 0.3 is 0 Å². The third-order valence-electron chi connectivity index (χ3n) is 4.71. The van der Waals surface area contributed by atoms with E-state index in [-0.39, 0.29) is 0 Å². The molecule has 1 saturated heterocycles. The fraction of sp³-hybridized carbons (Fsp3) is 0.600. The van der Waals surface area contributed by atoms with Gasteiger partial charge in [-0.25, -0.2) is 0 Å². The molecule has 0 aromatic heterocycles. The summed E-state index contributed by atoms with van der Waals surface area (Å²) in [6, 6.07) is 9.29. The summed E-state index contributed by atoms with van der Waals surface area (Å²) in [5.74, 6) is 0.879. The van der Waals surface area contributed by atoms with Gasteiger partial charge in [0.25, 0.3) is 0 Å². The number of aryl methyl sites for hydroxylation is 1. The van der Waals surface area contributed by atoms with E-state index in [1.54, 1.807) is 5.56 Å². The highest BCUT2D eigenvalue weighted by molar-refractivity contribution is 5.32. The van der Waals surface area contributed by atoms with Crippen molar-refractivity contribution in [1.82, 2.24) is 5.32 Å². The van der Waals surface area contributed by atoms with Crippen molar-refractivity contribution in [2.45, 2.75) is 38.0 Å². The van der Waals surface area contributed by atoms with Crippen molar-refractivity contribution in [1.29, 1.82) is 0 Å². The summed E-state index contributed by atoms with van der Waals surface area (Å²) in [7, 11) is 0. The molecule has 1 aromatic carbocycles. The van der Waals surface area contributed by atoms with Crippen molar-refractivity contribution in [3.05, 3.63) is 35.4 Å². The summed E-state index contributed by atoms with van der Waals surface area (Å²) in [5, 5.41) is 3.53. The largest absolute Gasteiger partial charge is 0.316 e. The van der Waals surface area contributed by atoms with Gasteiger partial charge in [-0.15, -0.1) is 0 Å². The quantitative estimate of drug-likeness (QED) is 0.799. The topological polar surface area (TPSA) is 12.0 Å². The second kappa shape index (κ2) is 3.89. The minimum atomic E-state index is 0.525. The van der Waals surface area contributed by atoms with Crippen LogP contribution in [-0.2, 0) is 5.41 Å². The third kappa shape index (κ3) is 1.49. The molecule has 1 unspecified atom stereocenters. The first-order chi connectivity index (χ1) is 7.81. The van der Waals surface area contributed by atoms with Gasteiger partial charge in [0.05, 0.1) is 0 Å². The second-order valence-corrected chi connectivity index (χ2v) is 5.57. The molecule has 3 rings (SSSR count). The van der Waals surface area contributed by atoms with Gasteiger partial charge in [-0.05, 0) is 56.2 Å². The molecule has 86 valence electrons. The van der Waals surface area contributed by atoms with Crippen LogP contribution in [0.5, 0.6) is 0 Å². The van der Waals surface area contributed by atoms with Crippen LogP contribution in [0.15, 0.2) is 24.3 Å². The molecule has 0 bridgehead atoms. The van der Waals surface area contributed by atoms with E-state index in [0.29, 0.717) is 5.41 Å². The number of nitrogens with one attached hydrogen (secondary N) is 1. The SMILES string of the molecule is Cc1ccc(C2(C3CCNC3)CCC2)cc1. The standard InChI is InChI=1S/C15H21N/c1-12-3-5-13(6-4-12)15(8-2-9-15)14-7-10-16-11-14/h3-6,14,16H,2,7-11H2,1H3. The van der Waals surface area contributed by atoms with Gasteiger partial charge in [-0.3, -0.25) is 0 Å². The summed E-state index contributed by atoms with van der Waals surface area (Å²) in [6.45, 7) is 4.63. The zero-order valence-electron chi connectivity index (χ0n) is 10.1. The van der Waals surface area contributed by atoms with E-state index < -0.39 is 0 Å².